The molecular weight excluding hydrogens is 322 g/mol. The molecule has 1 unspecified atom stereocenters. The zero-order valence-corrected chi connectivity index (χ0v) is 13.8. The third kappa shape index (κ3) is 2.99. The number of nitro groups is 1. The predicted molar refractivity (Wildman–Crippen MR) is 94.2 cm³/mol. The number of ether oxygens (including phenoxy) is 2. The summed E-state index contributed by atoms with van der Waals surface area (Å²) in [6.45, 7) is 0. The molecular formula is C19H17NO5. The van der Waals surface area contributed by atoms with Crippen molar-refractivity contribution in [3.63, 3.8) is 0 Å². The Labute approximate surface area is 144 Å². The van der Waals surface area contributed by atoms with Crippen LogP contribution in [0.5, 0.6) is 11.5 Å². The Morgan fingerprint density at radius 3 is 2.40 bits per heavy atom. The molecule has 3 rings (SSSR count). The van der Waals surface area contributed by atoms with Gasteiger partial charge < -0.3 is 14.6 Å². The minimum absolute atomic E-state index is 0.0969. The van der Waals surface area contributed by atoms with Crippen LogP contribution in [0.3, 0.4) is 0 Å². The first-order valence-electron chi connectivity index (χ1n) is 7.63. The highest BCUT2D eigenvalue weighted by Gasteiger charge is 2.25. The van der Waals surface area contributed by atoms with Crippen LogP contribution >= 0.6 is 0 Å². The first-order chi connectivity index (χ1) is 12.1. The fraction of sp³-hybridized carbons (Fsp3) is 0.158. The van der Waals surface area contributed by atoms with Crippen LogP contribution in [0, 0.1) is 10.1 Å². The first kappa shape index (κ1) is 16.7. The summed E-state index contributed by atoms with van der Waals surface area (Å²) in [5.74, 6) is 0.967. The van der Waals surface area contributed by atoms with Gasteiger partial charge in [-0.2, -0.15) is 0 Å². The molecule has 0 aliphatic carbocycles. The Morgan fingerprint density at radius 1 is 1.00 bits per heavy atom. The number of rotatable bonds is 5. The summed E-state index contributed by atoms with van der Waals surface area (Å²) in [4.78, 5) is 11.2. The van der Waals surface area contributed by atoms with Crippen molar-refractivity contribution in [2.24, 2.45) is 0 Å². The van der Waals surface area contributed by atoms with E-state index in [2.05, 4.69) is 0 Å². The summed E-state index contributed by atoms with van der Waals surface area (Å²) in [7, 11) is 3.01. The Balaban J connectivity index is 2.16. The minimum Gasteiger partial charge on any atom is -0.493 e. The van der Waals surface area contributed by atoms with Crippen molar-refractivity contribution in [2.45, 2.75) is 6.10 Å². The van der Waals surface area contributed by atoms with Crippen LogP contribution in [0.1, 0.15) is 17.2 Å². The molecule has 0 aromatic heterocycles. The van der Waals surface area contributed by atoms with E-state index in [0.29, 0.717) is 22.4 Å². The van der Waals surface area contributed by atoms with Gasteiger partial charge in [-0.05, 0) is 35.2 Å². The van der Waals surface area contributed by atoms with E-state index < -0.39 is 11.0 Å². The zero-order chi connectivity index (χ0) is 18.0. The van der Waals surface area contributed by atoms with Crippen molar-refractivity contribution in [1.82, 2.24) is 0 Å². The molecule has 128 valence electrons. The lowest BCUT2D eigenvalue weighted by atomic mass is 9.96. The minimum atomic E-state index is -1.16. The molecule has 1 atom stereocenters. The summed E-state index contributed by atoms with van der Waals surface area (Å²) in [5.41, 5.74) is 0.618. The number of aliphatic hydroxyl groups excluding tert-OH is 1. The standard InChI is InChI=1S/C19H17NO5/c1-24-16-10-8-13(11-17(16)25-2)19(21)15-9-7-12-5-3-4-6-14(12)18(15)20(22)23/h3-11,19,21H,1-2H3. The number of aliphatic hydroxyl groups is 1. The van der Waals surface area contributed by atoms with Gasteiger partial charge in [-0.1, -0.05) is 30.3 Å². The Kier molecular flexibility index (Phi) is 4.54. The monoisotopic (exact) mass is 339 g/mol. The van der Waals surface area contributed by atoms with E-state index >= 15 is 0 Å². The van der Waals surface area contributed by atoms with Crippen LogP contribution in [0.25, 0.3) is 10.8 Å². The zero-order valence-electron chi connectivity index (χ0n) is 13.8. The van der Waals surface area contributed by atoms with Gasteiger partial charge in [-0.3, -0.25) is 10.1 Å². The van der Waals surface area contributed by atoms with Gasteiger partial charge in [0.15, 0.2) is 11.5 Å². The van der Waals surface area contributed by atoms with E-state index in [1.807, 2.05) is 6.07 Å². The lowest BCUT2D eigenvalue weighted by Crippen LogP contribution is -2.05. The van der Waals surface area contributed by atoms with Gasteiger partial charge in [0.1, 0.15) is 6.10 Å². The van der Waals surface area contributed by atoms with E-state index in [0.717, 1.165) is 5.39 Å². The van der Waals surface area contributed by atoms with Crippen LogP contribution in [0.15, 0.2) is 54.6 Å². The highest BCUT2D eigenvalue weighted by Crippen LogP contribution is 2.38. The topological polar surface area (TPSA) is 81.8 Å². The lowest BCUT2D eigenvalue weighted by molar-refractivity contribution is -0.384. The number of hydrogen-bond donors (Lipinski definition) is 1. The maximum Gasteiger partial charge on any atom is 0.283 e. The van der Waals surface area contributed by atoms with Crippen molar-refractivity contribution in [1.29, 1.82) is 0 Å². The maximum atomic E-state index is 11.6. The van der Waals surface area contributed by atoms with Crippen LogP contribution in [0.4, 0.5) is 5.69 Å². The number of methoxy groups -OCH3 is 2. The van der Waals surface area contributed by atoms with Crippen molar-refractivity contribution in [2.75, 3.05) is 14.2 Å². The quantitative estimate of drug-likeness (QED) is 0.564. The van der Waals surface area contributed by atoms with Gasteiger partial charge in [0.2, 0.25) is 0 Å². The van der Waals surface area contributed by atoms with Gasteiger partial charge in [-0.25, -0.2) is 0 Å². The molecule has 0 heterocycles. The summed E-state index contributed by atoms with van der Waals surface area (Å²) in [6, 6.07) is 15.3. The molecule has 0 fully saturated rings. The van der Waals surface area contributed by atoms with Crippen LogP contribution < -0.4 is 9.47 Å². The molecule has 0 saturated heterocycles. The Hall–Kier alpha value is -3.12. The highest BCUT2D eigenvalue weighted by atomic mass is 16.6. The number of nitro benzene ring substituents is 1. The van der Waals surface area contributed by atoms with Crippen LogP contribution in [0.2, 0.25) is 0 Å². The molecule has 3 aromatic carbocycles. The molecule has 0 radical (unpaired) electrons. The van der Waals surface area contributed by atoms with E-state index in [9.17, 15) is 15.2 Å². The second kappa shape index (κ2) is 6.78. The molecule has 1 N–H and O–H groups in total. The number of hydrogen-bond acceptors (Lipinski definition) is 5. The van der Waals surface area contributed by atoms with Crippen molar-refractivity contribution in [3.8, 4) is 11.5 Å². The van der Waals surface area contributed by atoms with Gasteiger partial charge in [0.25, 0.3) is 5.69 Å². The van der Waals surface area contributed by atoms with E-state index in [1.54, 1.807) is 48.5 Å². The molecule has 0 amide bonds. The van der Waals surface area contributed by atoms with Crippen molar-refractivity contribution in [3.05, 3.63) is 75.8 Å². The normalized spacial score (nSPS) is 12.0. The van der Waals surface area contributed by atoms with E-state index in [-0.39, 0.29) is 11.3 Å². The van der Waals surface area contributed by atoms with Crippen LogP contribution in [-0.2, 0) is 0 Å². The van der Waals surface area contributed by atoms with Crippen molar-refractivity contribution < 1.29 is 19.5 Å². The van der Waals surface area contributed by atoms with Crippen LogP contribution in [-0.4, -0.2) is 24.2 Å². The third-order valence-electron chi connectivity index (χ3n) is 4.13. The molecule has 6 heteroatoms. The average Bonchev–Trinajstić information content (AvgIpc) is 2.65. The fourth-order valence-electron chi connectivity index (χ4n) is 2.90. The Morgan fingerprint density at radius 2 is 1.72 bits per heavy atom. The summed E-state index contributed by atoms with van der Waals surface area (Å²) in [6.07, 6.45) is -1.16. The number of fused-ring (bicyclic) bond motifs is 1. The average molecular weight is 339 g/mol. The third-order valence-corrected chi connectivity index (χ3v) is 4.13. The van der Waals surface area contributed by atoms with Gasteiger partial charge in [0, 0.05) is 0 Å². The highest BCUT2D eigenvalue weighted by molar-refractivity contribution is 5.92. The molecule has 25 heavy (non-hydrogen) atoms. The largest absolute Gasteiger partial charge is 0.493 e. The van der Waals surface area contributed by atoms with Gasteiger partial charge in [-0.15, -0.1) is 0 Å². The molecule has 3 aromatic rings. The molecule has 0 saturated carbocycles. The molecule has 0 aliphatic rings. The smallest absolute Gasteiger partial charge is 0.283 e. The number of benzene rings is 3. The second-order valence-electron chi connectivity index (χ2n) is 5.50. The first-order valence-corrected chi connectivity index (χ1v) is 7.63. The Bertz CT molecular complexity index is 938. The number of nitrogens with zero attached hydrogens (tertiary/aromatic N) is 1. The van der Waals surface area contributed by atoms with Gasteiger partial charge >= 0.3 is 0 Å². The van der Waals surface area contributed by atoms with E-state index in [4.69, 9.17) is 9.47 Å². The summed E-state index contributed by atoms with van der Waals surface area (Å²) >= 11 is 0. The maximum absolute atomic E-state index is 11.6. The second-order valence-corrected chi connectivity index (χ2v) is 5.50. The molecule has 0 bridgehead atoms. The molecule has 6 nitrogen and oxygen atoms in total. The molecule has 0 spiro atoms. The van der Waals surface area contributed by atoms with E-state index in [1.165, 1.54) is 14.2 Å². The molecule has 0 aliphatic heterocycles. The lowest BCUT2D eigenvalue weighted by Gasteiger charge is -2.15. The fourth-order valence-corrected chi connectivity index (χ4v) is 2.90. The van der Waals surface area contributed by atoms with Gasteiger partial charge in [0.05, 0.1) is 30.1 Å². The summed E-state index contributed by atoms with van der Waals surface area (Å²) in [5, 5.41) is 23.6. The SMILES string of the molecule is COc1ccc(C(O)c2ccc3ccccc3c2[N+](=O)[O-])cc1OC. The predicted octanol–water partition coefficient (Wildman–Crippen LogP) is 3.85. The van der Waals surface area contributed by atoms with Crippen molar-refractivity contribution >= 4 is 16.5 Å². The summed E-state index contributed by atoms with van der Waals surface area (Å²) < 4.78 is 10.4.